The van der Waals surface area contributed by atoms with Gasteiger partial charge < -0.3 is 15.4 Å². The minimum atomic E-state index is -0.114. The molecule has 0 atom stereocenters. The van der Waals surface area contributed by atoms with E-state index in [9.17, 15) is 4.79 Å². The predicted molar refractivity (Wildman–Crippen MR) is 55.4 cm³/mol. The normalized spacial score (nSPS) is 16.4. The number of rotatable bonds is 1. The van der Waals surface area contributed by atoms with E-state index in [1.807, 2.05) is 0 Å². The molecule has 0 bridgehead atoms. The van der Waals surface area contributed by atoms with Crippen molar-refractivity contribution >= 4 is 11.6 Å². The van der Waals surface area contributed by atoms with Gasteiger partial charge in [-0.15, -0.1) is 0 Å². The maximum atomic E-state index is 11.9. The number of anilines is 1. The van der Waals surface area contributed by atoms with Gasteiger partial charge in [0.05, 0.1) is 18.9 Å². The number of nitrogens with two attached hydrogens (primary N) is 1. The van der Waals surface area contributed by atoms with E-state index in [-0.39, 0.29) is 5.91 Å². The van der Waals surface area contributed by atoms with Crippen LogP contribution >= 0.6 is 0 Å². The standard InChI is InChI=1S/C10H13N3O2/c11-8-2-1-3-12-9(8)10(14)13-4-6-15-7-5-13/h1-3H,4-7,11H2. The summed E-state index contributed by atoms with van der Waals surface area (Å²) < 4.78 is 5.17. The minimum absolute atomic E-state index is 0.114. The van der Waals surface area contributed by atoms with Crippen molar-refractivity contribution in [1.82, 2.24) is 9.88 Å². The van der Waals surface area contributed by atoms with Crippen LogP contribution in [0.2, 0.25) is 0 Å². The van der Waals surface area contributed by atoms with Crippen LogP contribution in [-0.2, 0) is 4.74 Å². The smallest absolute Gasteiger partial charge is 0.274 e. The molecule has 0 radical (unpaired) electrons. The molecule has 0 spiro atoms. The number of nitrogen functional groups attached to an aromatic ring is 1. The van der Waals surface area contributed by atoms with Gasteiger partial charge in [0, 0.05) is 19.3 Å². The van der Waals surface area contributed by atoms with Crippen molar-refractivity contribution < 1.29 is 9.53 Å². The van der Waals surface area contributed by atoms with Crippen LogP contribution < -0.4 is 5.73 Å². The minimum Gasteiger partial charge on any atom is -0.397 e. The molecule has 5 nitrogen and oxygen atoms in total. The Morgan fingerprint density at radius 2 is 2.20 bits per heavy atom. The lowest BCUT2D eigenvalue weighted by Gasteiger charge is -2.26. The first-order chi connectivity index (χ1) is 7.29. The number of carbonyl (C=O) groups is 1. The molecule has 5 heteroatoms. The molecule has 0 aliphatic carbocycles. The molecule has 0 saturated carbocycles. The lowest BCUT2D eigenvalue weighted by atomic mass is 10.2. The molecule has 1 saturated heterocycles. The van der Waals surface area contributed by atoms with Gasteiger partial charge in [0.1, 0.15) is 0 Å². The summed E-state index contributed by atoms with van der Waals surface area (Å²) in [6.45, 7) is 2.38. The van der Waals surface area contributed by atoms with Gasteiger partial charge in [0.2, 0.25) is 0 Å². The lowest BCUT2D eigenvalue weighted by molar-refractivity contribution is 0.0300. The Balaban J connectivity index is 2.16. The van der Waals surface area contributed by atoms with Crippen molar-refractivity contribution in [2.24, 2.45) is 0 Å². The molecule has 2 N–H and O–H groups in total. The quantitative estimate of drug-likeness (QED) is 0.711. The van der Waals surface area contributed by atoms with E-state index in [2.05, 4.69) is 4.98 Å². The molecule has 1 fully saturated rings. The van der Waals surface area contributed by atoms with E-state index in [0.717, 1.165) is 0 Å². The fourth-order valence-electron chi connectivity index (χ4n) is 1.51. The maximum absolute atomic E-state index is 11.9. The van der Waals surface area contributed by atoms with Crippen LogP contribution in [0.3, 0.4) is 0 Å². The number of amides is 1. The largest absolute Gasteiger partial charge is 0.397 e. The Morgan fingerprint density at radius 1 is 1.47 bits per heavy atom. The summed E-state index contributed by atoms with van der Waals surface area (Å²) >= 11 is 0. The lowest BCUT2D eigenvalue weighted by Crippen LogP contribution is -2.41. The molecule has 1 amide bonds. The van der Waals surface area contributed by atoms with Crippen molar-refractivity contribution in [2.75, 3.05) is 32.0 Å². The summed E-state index contributed by atoms with van der Waals surface area (Å²) in [4.78, 5) is 17.7. The zero-order valence-corrected chi connectivity index (χ0v) is 8.35. The van der Waals surface area contributed by atoms with E-state index in [1.165, 1.54) is 0 Å². The molecule has 0 aromatic carbocycles. The number of aromatic nitrogens is 1. The Kier molecular flexibility index (Phi) is 2.82. The van der Waals surface area contributed by atoms with Crippen molar-refractivity contribution in [3.05, 3.63) is 24.0 Å². The summed E-state index contributed by atoms with van der Waals surface area (Å²) in [7, 11) is 0. The molecular weight excluding hydrogens is 194 g/mol. The summed E-state index contributed by atoms with van der Waals surface area (Å²) in [6.07, 6.45) is 1.57. The second-order valence-electron chi connectivity index (χ2n) is 3.35. The van der Waals surface area contributed by atoms with Crippen LogP contribution in [0.1, 0.15) is 10.5 Å². The third kappa shape index (κ3) is 2.07. The van der Waals surface area contributed by atoms with E-state index in [1.54, 1.807) is 23.2 Å². The monoisotopic (exact) mass is 207 g/mol. The second kappa shape index (κ2) is 4.27. The zero-order valence-electron chi connectivity index (χ0n) is 8.35. The van der Waals surface area contributed by atoms with Gasteiger partial charge in [-0.2, -0.15) is 0 Å². The molecular formula is C10H13N3O2. The molecule has 1 aliphatic heterocycles. The average Bonchev–Trinajstić information content (AvgIpc) is 2.30. The van der Waals surface area contributed by atoms with Gasteiger partial charge in [0.25, 0.3) is 5.91 Å². The van der Waals surface area contributed by atoms with Crippen LogP contribution in [-0.4, -0.2) is 42.1 Å². The topological polar surface area (TPSA) is 68.5 Å². The van der Waals surface area contributed by atoms with Crippen LogP contribution in [0.4, 0.5) is 5.69 Å². The average molecular weight is 207 g/mol. The number of carbonyl (C=O) groups excluding carboxylic acids is 1. The summed E-state index contributed by atoms with van der Waals surface area (Å²) in [6, 6.07) is 3.39. The first-order valence-electron chi connectivity index (χ1n) is 4.86. The van der Waals surface area contributed by atoms with Crippen molar-refractivity contribution in [3.8, 4) is 0 Å². The fourth-order valence-corrected chi connectivity index (χ4v) is 1.51. The molecule has 80 valence electrons. The van der Waals surface area contributed by atoms with Crippen LogP contribution in [0, 0.1) is 0 Å². The van der Waals surface area contributed by atoms with E-state index < -0.39 is 0 Å². The number of hydrogen-bond donors (Lipinski definition) is 1. The van der Waals surface area contributed by atoms with E-state index >= 15 is 0 Å². The number of pyridine rings is 1. The molecule has 15 heavy (non-hydrogen) atoms. The molecule has 0 unspecified atom stereocenters. The highest BCUT2D eigenvalue weighted by Gasteiger charge is 2.20. The Bertz CT molecular complexity index is 361. The van der Waals surface area contributed by atoms with Crippen LogP contribution in [0.15, 0.2) is 18.3 Å². The Labute approximate surface area is 87.8 Å². The summed E-state index contributed by atoms with van der Waals surface area (Å²) in [5.41, 5.74) is 6.44. The third-order valence-corrected chi connectivity index (χ3v) is 2.34. The SMILES string of the molecule is Nc1cccnc1C(=O)N1CCOCC1. The van der Waals surface area contributed by atoms with Crippen molar-refractivity contribution in [3.63, 3.8) is 0 Å². The first kappa shape index (κ1) is 9.92. The zero-order chi connectivity index (χ0) is 10.7. The summed E-state index contributed by atoms with van der Waals surface area (Å²) in [5.74, 6) is -0.114. The highest BCUT2D eigenvalue weighted by Crippen LogP contribution is 2.11. The Morgan fingerprint density at radius 3 is 2.87 bits per heavy atom. The van der Waals surface area contributed by atoms with Gasteiger partial charge in [-0.1, -0.05) is 0 Å². The first-order valence-corrected chi connectivity index (χ1v) is 4.86. The second-order valence-corrected chi connectivity index (χ2v) is 3.35. The number of ether oxygens (including phenoxy) is 1. The van der Waals surface area contributed by atoms with Gasteiger partial charge in [-0.3, -0.25) is 4.79 Å². The molecule has 2 rings (SSSR count). The molecule has 2 heterocycles. The number of hydrogen-bond acceptors (Lipinski definition) is 4. The van der Waals surface area contributed by atoms with Crippen LogP contribution in [0.25, 0.3) is 0 Å². The van der Waals surface area contributed by atoms with Gasteiger partial charge >= 0.3 is 0 Å². The highest BCUT2D eigenvalue weighted by atomic mass is 16.5. The molecule has 1 aliphatic rings. The third-order valence-electron chi connectivity index (χ3n) is 2.34. The number of morpholine rings is 1. The van der Waals surface area contributed by atoms with Crippen LogP contribution in [0.5, 0.6) is 0 Å². The van der Waals surface area contributed by atoms with Crippen molar-refractivity contribution in [2.45, 2.75) is 0 Å². The van der Waals surface area contributed by atoms with Gasteiger partial charge in [-0.25, -0.2) is 4.98 Å². The summed E-state index contributed by atoms with van der Waals surface area (Å²) in [5, 5.41) is 0. The van der Waals surface area contributed by atoms with Gasteiger partial charge in [-0.05, 0) is 12.1 Å². The fraction of sp³-hybridized carbons (Fsp3) is 0.400. The maximum Gasteiger partial charge on any atom is 0.274 e. The van der Waals surface area contributed by atoms with Gasteiger partial charge in [0.15, 0.2) is 5.69 Å². The Hall–Kier alpha value is -1.62. The van der Waals surface area contributed by atoms with E-state index in [4.69, 9.17) is 10.5 Å². The molecule has 1 aromatic heterocycles. The predicted octanol–water partition coefficient (Wildman–Crippen LogP) is 0.136. The highest BCUT2D eigenvalue weighted by molar-refractivity contribution is 5.97. The van der Waals surface area contributed by atoms with Crippen molar-refractivity contribution in [1.29, 1.82) is 0 Å². The van der Waals surface area contributed by atoms with E-state index in [0.29, 0.717) is 37.7 Å². The molecule has 1 aromatic rings. The number of nitrogens with zero attached hydrogens (tertiary/aromatic N) is 2.